The molecule has 0 aliphatic carbocycles. The summed E-state index contributed by atoms with van der Waals surface area (Å²) in [4.78, 5) is 13.6. The smallest absolute Gasteiger partial charge is 0.226 e. The van der Waals surface area contributed by atoms with Crippen molar-refractivity contribution in [3.63, 3.8) is 0 Å². The van der Waals surface area contributed by atoms with E-state index in [2.05, 4.69) is 24.1 Å². The van der Waals surface area contributed by atoms with Crippen LogP contribution in [0.1, 0.15) is 20.3 Å². The molecule has 1 aromatic rings. The lowest BCUT2D eigenvalue weighted by Crippen LogP contribution is -2.31. The monoisotopic (exact) mass is 222 g/mol. The van der Waals surface area contributed by atoms with Gasteiger partial charge in [0, 0.05) is 19.0 Å². The van der Waals surface area contributed by atoms with Crippen LogP contribution in [0.15, 0.2) is 18.2 Å². The first kappa shape index (κ1) is 10.9. The number of carbonyl (C=O) groups is 1. The van der Waals surface area contributed by atoms with Gasteiger partial charge < -0.3 is 10.2 Å². The summed E-state index contributed by atoms with van der Waals surface area (Å²) in [6.07, 6.45) is 0.439. The van der Waals surface area contributed by atoms with Gasteiger partial charge in [-0.3, -0.25) is 4.79 Å². The number of nitrogens with one attached hydrogen (secondary N) is 1. The average molecular weight is 222 g/mol. The van der Waals surface area contributed by atoms with E-state index in [9.17, 15) is 9.18 Å². The Hall–Kier alpha value is -1.58. The number of carbonyl (C=O) groups excluding carboxylic acids is 1. The highest BCUT2D eigenvalue weighted by Crippen LogP contribution is 2.30. The zero-order valence-corrected chi connectivity index (χ0v) is 9.46. The molecule has 0 saturated heterocycles. The Kier molecular flexibility index (Phi) is 2.81. The second-order valence-electron chi connectivity index (χ2n) is 4.25. The molecular formula is C12H15FN2O. The third-order valence-corrected chi connectivity index (χ3v) is 2.75. The molecule has 0 aromatic heterocycles. The van der Waals surface area contributed by atoms with Gasteiger partial charge >= 0.3 is 0 Å². The van der Waals surface area contributed by atoms with Crippen LogP contribution in [-0.2, 0) is 4.79 Å². The Labute approximate surface area is 94.3 Å². The van der Waals surface area contributed by atoms with Gasteiger partial charge in [0.15, 0.2) is 0 Å². The Morgan fingerprint density at radius 3 is 2.88 bits per heavy atom. The fourth-order valence-electron chi connectivity index (χ4n) is 1.95. The molecule has 2 rings (SSSR count). The van der Waals surface area contributed by atoms with Crippen LogP contribution < -0.4 is 10.2 Å². The van der Waals surface area contributed by atoms with E-state index in [1.807, 2.05) is 0 Å². The molecule has 1 heterocycles. The molecule has 1 aliphatic heterocycles. The standard InChI is InChI=1S/C12H15FN2O/c1-8(2)15-6-5-12(16)14-10-7-9(13)3-4-11(10)15/h3-4,7-8H,5-6H2,1-2H3,(H,14,16). The summed E-state index contributed by atoms with van der Waals surface area (Å²) in [7, 11) is 0. The van der Waals surface area contributed by atoms with Crippen LogP contribution in [0, 0.1) is 5.82 Å². The lowest BCUT2D eigenvalue weighted by atomic mass is 10.2. The second kappa shape index (κ2) is 4.12. The SMILES string of the molecule is CC(C)N1CCC(=O)Nc2cc(F)ccc21. The maximum Gasteiger partial charge on any atom is 0.226 e. The number of nitrogens with zero attached hydrogens (tertiary/aromatic N) is 1. The third kappa shape index (κ3) is 2.01. The Bertz CT molecular complexity index is 417. The molecule has 0 atom stereocenters. The first-order valence-electron chi connectivity index (χ1n) is 5.44. The highest BCUT2D eigenvalue weighted by Gasteiger charge is 2.21. The summed E-state index contributed by atoms with van der Waals surface area (Å²) >= 11 is 0. The molecule has 1 amide bonds. The van der Waals surface area contributed by atoms with Crippen molar-refractivity contribution in [2.75, 3.05) is 16.8 Å². The van der Waals surface area contributed by atoms with Gasteiger partial charge in [0.05, 0.1) is 11.4 Å². The van der Waals surface area contributed by atoms with Crippen molar-refractivity contribution < 1.29 is 9.18 Å². The molecule has 0 radical (unpaired) electrons. The van der Waals surface area contributed by atoms with Crippen LogP contribution in [-0.4, -0.2) is 18.5 Å². The second-order valence-corrected chi connectivity index (χ2v) is 4.25. The maximum atomic E-state index is 13.1. The van der Waals surface area contributed by atoms with Crippen molar-refractivity contribution in [3.05, 3.63) is 24.0 Å². The Morgan fingerprint density at radius 2 is 2.19 bits per heavy atom. The summed E-state index contributed by atoms with van der Waals surface area (Å²) in [5, 5.41) is 2.73. The molecular weight excluding hydrogens is 207 g/mol. The van der Waals surface area contributed by atoms with Gasteiger partial charge in [-0.05, 0) is 32.0 Å². The average Bonchev–Trinajstić information content (AvgIpc) is 2.35. The van der Waals surface area contributed by atoms with E-state index < -0.39 is 0 Å². The molecule has 1 N–H and O–H groups in total. The number of hydrogen-bond donors (Lipinski definition) is 1. The van der Waals surface area contributed by atoms with Crippen LogP contribution in [0.5, 0.6) is 0 Å². The van der Waals surface area contributed by atoms with E-state index in [4.69, 9.17) is 0 Å². The van der Waals surface area contributed by atoms with Gasteiger partial charge in [0.1, 0.15) is 5.82 Å². The molecule has 0 spiro atoms. The van der Waals surface area contributed by atoms with Gasteiger partial charge in [-0.25, -0.2) is 4.39 Å². The molecule has 86 valence electrons. The van der Waals surface area contributed by atoms with E-state index in [-0.39, 0.29) is 17.8 Å². The highest BCUT2D eigenvalue weighted by atomic mass is 19.1. The molecule has 0 saturated carbocycles. The Balaban J connectivity index is 2.46. The number of amides is 1. The number of hydrogen-bond acceptors (Lipinski definition) is 2. The molecule has 1 aliphatic rings. The van der Waals surface area contributed by atoms with E-state index in [0.29, 0.717) is 18.7 Å². The van der Waals surface area contributed by atoms with Gasteiger partial charge in [0.2, 0.25) is 5.91 Å². The molecule has 0 bridgehead atoms. The summed E-state index contributed by atoms with van der Waals surface area (Å²) in [6, 6.07) is 4.80. The van der Waals surface area contributed by atoms with Crippen molar-refractivity contribution in [3.8, 4) is 0 Å². The number of rotatable bonds is 1. The first-order valence-corrected chi connectivity index (χ1v) is 5.44. The van der Waals surface area contributed by atoms with Crippen LogP contribution in [0.2, 0.25) is 0 Å². The van der Waals surface area contributed by atoms with Crippen LogP contribution in [0.4, 0.5) is 15.8 Å². The van der Waals surface area contributed by atoms with Crippen molar-refractivity contribution in [2.45, 2.75) is 26.3 Å². The van der Waals surface area contributed by atoms with E-state index >= 15 is 0 Å². The fraction of sp³-hybridized carbons (Fsp3) is 0.417. The van der Waals surface area contributed by atoms with Crippen molar-refractivity contribution >= 4 is 17.3 Å². The molecule has 16 heavy (non-hydrogen) atoms. The van der Waals surface area contributed by atoms with E-state index in [0.717, 1.165) is 5.69 Å². The number of benzene rings is 1. The minimum atomic E-state index is -0.329. The van der Waals surface area contributed by atoms with Crippen LogP contribution in [0.25, 0.3) is 0 Å². The quantitative estimate of drug-likeness (QED) is 0.791. The molecule has 0 unspecified atom stereocenters. The van der Waals surface area contributed by atoms with E-state index in [1.54, 1.807) is 6.07 Å². The zero-order chi connectivity index (χ0) is 11.7. The molecule has 0 fully saturated rings. The highest BCUT2D eigenvalue weighted by molar-refractivity contribution is 5.96. The molecule has 4 heteroatoms. The van der Waals surface area contributed by atoms with E-state index in [1.165, 1.54) is 12.1 Å². The minimum Gasteiger partial charge on any atom is -0.367 e. The predicted molar refractivity (Wildman–Crippen MR) is 62.1 cm³/mol. The lowest BCUT2D eigenvalue weighted by Gasteiger charge is -2.28. The normalized spacial score (nSPS) is 15.8. The van der Waals surface area contributed by atoms with Crippen molar-refractivity contribution in [1.29, 1.82) is 0 Å². The van der Waals surface area contributed by atoms with Gasteiger partial charge in [-0.15, -0.1) is 0 Å². The number of anilines is 2. The number of fused-ring (bicyclic) bond motifs is 1. The third-order valence-electron chi connectivity index (χ3n) is 2.75. The minimum absolute atomic E-state index is 0.0602. The predicted octanol–water partition coefficient (Wildman–Crippen LogP) is 2.38. The lowest BCUT2D eigenvalue weighted by molar-refractivity contribution is -0.115. The molecule has 3 nitrogen and oxygen atoms in total. The van der Waals surface area contributed by atoms with Gasteiger partial charge in [-0.2, -0.15) is 0 Å². The van der Waals surface area contributed by atoms with Crippen LogP contribution in [0.3, 0.4) is 0 Å². The van der Waals surface area contributed by atoms with Crippen LogP contribution >= 0.6 is 0 Å². The topological polar surface area (TPSA) is 32.3 Å². The van der Waals surface area contributed by atoms with Crippen molar-refractivity contribution in [1.82, 2.24) is 0 Å². The Morgan fingerprint density at radius 1 is 1.44 bits per heavy atom. The fourth-order valence-corrected chi connectivity index (χ4v) is 1.95. The largest absolute Gasteiger partial charge is 0.367 e. The maximum absolute atomic E-state index is 13.1. The van der Waals surface area contributed by atoms with Gasteiger partial charge in [-0.1, -0.05) is 0 Å². The summed E-state index contributed by atoms with van der Waals surface area (Å²) in [6.45, 7) is 4.79. The summed E-state index contributed by atoms with van der Waals surface area (Å²) < 4.78 is 13.1. The molecule has 1 aromatic carbocycles. The summed E-state index contributed by atoms with van der Waals surface area (Å²) in [5.74, 6) is -0.389. The first-order chi connectivity index (χ1) is 7.58. The summed E-state index contributed by atoms with van der Waals surface area (Å²) in [5.41, 5.74) is 1.46. The zero-order valence-electron chi connectivity index (χ0n) is 9.46. The van der Waals surface area contributed by atoms with Gasteiger partial charge in [0.25, 0.3) is 0 Å². The number of halogens is 1. The van der Waals surface area contributed by atoms with Crippen molar-refractivity contribution in [2.24, 2.45) is 0 Å².